The number of rotatable bonds is 6. The molecular formula is C17H19NO3S. The quantitative estimate of drug-likeness (QED) is 0.481. The summed E-state index contributed by atoms with van der Waals surface area (Å²) in [4.78, 5) is 17.8. The predicted molar refractivity (Wildman–Crippen MR) is 89.1 cm³/mol. The summed E-state index contributed by atoms with van der Waals surface area (Å²) < 4.78 is 0. The Labute approximate surface area is 134 Å². The number of benzene rings is 2. The lowest BCUT2D eigenvalue weighted by Crippen LogP contribution is -2.44. The summed E-state index contributed by atoms with van der Waals surface area (Å²) in [5, 5.41) is 11.9. The van der Waals surface area contributed by atoms with E-state index in [4.69, 9.17) is 0 Å². The monoisotopic (exact) mass is 317 g/mol. The molecular weight excluding hydrogens is 298 g/mol. The molecule has 2 rings (SSSR count). The second-order valence-electron chi connectivity index (χ2n) is 5.24. The average molecular weight is 317 g/mol. The summed E-state index contributed by atoms with van der Waals surface area (Å²) in [5.41, 5.74) is 0.509. The van der Waals surface area contributed by atoms with Gasteiger partial charge in [-0.1, -0.05) is 35.9 Å². The first-order valence-electron chi connectivity index (χ1n) is 6.92. The van der Waals surface area contributed by atoms with Gasteiger partial charge in [0.1, 0.15) is 0 Å². The van der Waals surface area contributed by atoms with Crippen molar-refractivity contribution < 1.29 is 14.9 Å². The minimum absolute atomic E-state index is 0.297. The van der Waals surface area contributed by atoms with Crippen LogP contribution < -0.4 is 5.32 Å². The molecule has 0 bridgehead atoms. The highest BCUT2D eigenvalue weighted by Gasteiger charge is 2.35. The number of nitrogens with one attached hydrogen (secondary N) is 1. The standard InChI is InChI=1S/C17H19NO3S/c1-13-8-10-15(11-9-13)22-12-17(2,21-20)16(19)18-14-6-4-3-5-7-14/h3-11,20H,12H2,1-2H3,(H,18,19)/t17-/m1/s1. The van der Waals surface area contributed by atoms with Crippen molar-refractivity contribution in [2.45, 2.75) is 24.3 Å². The van der Waals surface area contributed by atoms with Gasteiger partial charge in [0.25, 0.3) is 5.91 Å². The lowest BCUT2D eigenvalue weighted by molar-refractivity contribution is -0.298. The van der Waals surface area contributed by atoms with Crippen molar-refractivity contribution in [3.63, 3.8) is 0 Å². The van der Waals surface area contributed by atoms with Crippen molar-refractivity contribution >= 4 is 23.4 Å². The van der Waals surface area contributed by atoms with E-state index in [0.29, 0.717) is 11.4 Å². The van der Waals surface area contributed by atoms with Gasteiger partial charge in [0.05, 0.1) is 0 Å². The van der Waals surface area contributed by atoms with Crippen LogP contribution >= 0.6 is 11.8 Å². The van der Waals surface area contributed by atoms with Crippen LogP contribution in [0.15, 0.2) is 59.5 Å². The topological polar surface area (TPSA) is 58.6 Å². The Morgan fingerprint density at radius 1 is 1.18 bits per heavy atom. The van der Waals surface area contributed by atoms with Gasteiger partial charge in [-0.05, 0) is 38.1 Å². The number of para-hydroxylation sites is 1. The van der Waals surface area contributed by atoms with Crippen LogP contribution in [0.2, 0.25) is 0 Å². The second kappa shape index (κ2) is 7.45. The van der Waals surface area contributed by atoms with Crippen LogP contribution in [0.4, 0.5) is 5.69 Å². The first kappa shape index (κ1) is 16.5. The van der Waals surface area contributed by atoms with Crippen LogP contribution in [0.5, 0.6) is 0 Å². The molecule has 1 amide bonds. The molecule has 0 aliphatic carbocycles. The molecule has 2 aromatic carbocycles. The zero-order valence-corrected chi connectivity index (χ0v) is 13.4. The zero-order chi connectivity index (χ0) is 16.0. The number of amides is 1. The molecule has 4 nitrogen and oxygen atoms in total. The molecule has 5 heteroatoms. The Morgan fingerprint density at radius 2 is 1.82 bits per heavy atom. The predicted octanol–water partition coefficient (Wildman–Crippen LogP) is 3.97. The molecule has 0 aromatic heterocycles. The normalized spacial score (nSPS) is 13.4. The molecule has 0 fully saturated rings. The molecule has 116 valence electrons. The van der Waals surface area contributed by atoms with Crippen molar-refractivity contribution in [3.8, 4) is 0 Å². The summed E-state index contributed by atoms with van der Waals surface area (Å²) >= 11 is 1.45. The van der Waals surface area contributed by atoms with E-state index >= 15 is 0 Å². The van der Waals surface area contributed by atoms with E-state index in [9.17, 15) is 10.1 Å². The van der Waals surface area contributed by atoms with Crippen LogP contribution in [0, 0.1) is 6.92 Å². The van der Waals surface area contributed by atoms with Gasteiger partial charge in [0.15, 0.2) is 5.60 Å². The minimum atomic E-state index is -1.33. The zero-order valence-electron chi connectivity index (χ0n) is 12.6. The molecule has 0 unspecified atom stereocenters. The fraction of sp³-hybridized carbons (Fsp3) is 0.235. The Bertz CT molecular complexity index is 616. The van der Waals surface area contributed by atoms with Crippen molar-refractivity contribution in [2.24, 2.45) is 0 Å². The minimum Gasteiger partial charge on any atom is -0.323 e. The first-order valence-corrected chi connectivity index (χ1v) is 7.90. The third kappa shape index (κ3) is 4.34. The van der Waals surface area contributed by atoms with Gasteiger partial charge in [0, 0.05) is 16.3 Å². The van der Waals surface area contributed by atoms with Gasteiger partial charge in [0.2, 0.25) is 0 Å². The summed E-state index contributed by atoms with van der Waals surface area (Å²) in [6, 6.07) is 17.0. The largest absolute Gasteiger partial charge is 0.323 e. The van der Waals surface area contributed by atoms with E-state index in [0.717, 1.165) is 4.90 Å². The van der Waals surface area contributed by atoms with E-state index < -0.39 is 5.60 Å². The maximum Gasteiger partial charge on any atom is 0.260 e. The lowest BCUT2D eigenvalue weighted by atomic mass is 10.1. The third-order valence-electron chi connectivity index (χ3n) is 3.25. The van der Waals surface area contributed by atoms with E-state index in [-0.39, 0.29) is 5.91 Å². The summed E-state index contributed by atoms with van der Waals surface area (Å²) in [5.74, 6) is -0.0913. The molecule has 0 radical (unpaired) electrons. The van der Waals surface area contributed by atoms with Gasteiger partial charge >= 0.3 is 0 Å². The molecule has 0 aliphatic rings. The van der Waals surface area contributed by atoms with Crippen LogP contribution in [0.1, 0.15) is 12.5 Å². The van der Waals surface area contributed by atoms with Crippen LogP contribution in [-0.2, 0) is 9.68 Å². The number of thioether (sulfide) groups is 1. The van der Waals surface area contributed by atoms with Crippen LogP contribution in [-0.4, -0.2) is 22.5 Å². The summed E-state index contributed by atoms with van der Waals surface area (Å²) in [6.07, 6.45) is 0. The summed E-state index contributed by atoms with van der Waals surface area (Å²) in [7, 11) is 0. The Kier molecular flexibility index (Phi) is 5.60. The van der Waals surface area contributed by atoms with Crippen molar-refractivity contribution in [2.75, 3.05) is 11.1 Å². The first-order chi connectivity index (χ1) is 10.5. The maximum atomic E-state index is 12.3. The van der Waals surface area contributed by atoms with Crippen LogP contribution in [0.25, 0.3) is 0 Å². The van der Waals surface area contributed by atoms with Crippen molar-refractivity contribution in [1.29, 1.82) is 0 Å². The van der Waals surface area contributed by atoms with Crippen LogP contribution in [0.3, 0.4) is 0 Å². The summed E-state index contributed by atoms with van der Waals surface area (Å²) in [6.45, 7) is 3.58. The molecule has 2 N–H and O–H groups in total. The lowest BCUT2D eigenvalue weighted by Gasteiger charge is -2.24. The molecule has 1 atom stereocenters. The number of hydrogen-bond acceptors (Lipinski definition) is 4. The number of aryl methyl sites for hydroxylation is 1. The molecule has 0 heterocycles. The highest BCUT2D eigenvalue weighted by Crippen LogP contribution is 2.26. The smallest absolute Gasteiger partial charge is 0.260 e. The molecule has 0 saturated carbocycles. The third-order valence-corrected chi connectivity index (χ3v) is 4.55. The van der Waals surface area contributed by atoms with Gasteiger partial charge in [-0.15, -0.1) is 11.8 Å². The van der Waals surface area contributed by atoms with E-state index in [1.807, 2.05) is 49.4 Å². The maximum absolute atomic E-state index is 12.3. The van der Waals surface area contributed by atoms with Gasteiger partial charge in [-0.3, -0.25) is 10.1 Å². The average Bonchev–Trinajstić information content (AvgIpc) is 2.55. The van der Waals surface area contributed by atoms with Crippen molar-refractivity contribution in [3.05, 3.63) is 60.2 Å². The molecule has 22 heavy (non-hydrogen) atoms. The number of carbonyl (C=O) groups excluding carboxylic acids is 1. The Hall–Kier alpha value is -1.82. The fourth-order valence-corrected chi connectivity index (χ4v) is 2.73. The SMILES string of the molecule is Cc1ccc(SC[C@@](C)(OO)C(=O)Nc2ccccc2)cc1. The molecule has 2 aromatic rings. The molecule has 0 spiro atoms. The number of anilines is 1. The number of hydrogen-bond donors (Lipinski definition) is 2. The van der Waals surface area contributed by atoms with Crippen molar-refractivity contribution in [1.82, 2.24) is 0 Å². The molecule has 0 aliphatic heterocycles. The van der Waals surface area contributed by atoms with E-state index in [2.05, 4.69) is 10.2 Å². The highest BCUT2D eigenvalue weighted by atomic mass is 32.2. The van der Waals surface area contributed by atoms with Gasteiger partial charge < -0.3 is 5.32 Å². The molecule has 0 saturated heterocycles. The van der Waals surface area contributed by atoms with E-state index in [1.165, 1.54) is 17.3 Å². The highest BCUT2D eigenvalue weighted by molar-refractivity contribution is 7.99. The second-order valence-corrected chi connectivity index (χ2v) is 6.29. The Balaban J connectivity index is 2.01. The number of carbonyl (C=O) groups is 1. The van der Waals surface area contributed by atoms with Gasteiger partial charge in [-0.2, -0.15) is 0 Å². The van der Waals surface area contributed by atoms with E-state index in [1.54, 1.807) is 19.1 Å². The van der Waals surface area contributed by atoms with Gasteiger partial charge in [-0.25, -0.2) is 4.89 Å². The fourth-order valence-electron chi connectivity index (χ4n) is 1.77. The Morgan fingerprint density at radius 3 is 2.41 bits per heavy atom.